The molecule has 0 fully saturated rings. The van der Waals surface area contributed by atoms with Gasteiger partial charge in [-0.15, -0.1) is 0 Å². The Hall–Kier alpha value is -4.27. The molecule has 9 nitrogen and oxygen atoms in total. The van der Waals surface area contributed by atoms with Gasteiger partial charge in [0.1, 0.15) is 6.54 Å². The van der Waals surface area contributed by atoms with E-state index in [2.05, 4.69) is 15.5 Å². The molecule has 0 aliphatic rings. The SMILES string of the molecule is NC(=O)Cn1cc(NC(=O)c2nn(Cc3ccccc3)c(=O)c3ccccc23)cn1. The van der Waals surface area contributed by atoms with Crippen molar-refractivity contribution in [3.05, 3.63) is 88.6 Å². The van der Waals surface area contributed by atoms with Gasteiger partial charge in [-0.25, -0.2) is 4.68 Å². The summed E-state index contributed by atoms with van der Waals surface area (Å²) in [6.45, 7) is 0.139. The van der Waals surface area contributed by atoms with Gasteiger partial charge in [0.05, 0.1) is 23.8 Å². The van der Waals surface area contributed by atoms with Crippen molar-refractivity contribution >= 4 is 28.3 Å². The number of primary amides is 1. The first-order chi connectivity index (χ1) is 14.5. The number of fused-ring (bicyclic) bond motifs is 1. The number of carbonyl (C=O) groups excluding carboxylic acids is 2. The first-order valence-corrected chi connectivity index (χ1v) is 9.17. The molecule has 0 saturated heterocycles. The maximum Gasteiger partial charge on any atom is 0.276 e. The van der Waals surface area contributed by atoms with Gasteiger partial charge in [0.25, 0.3) is 11.5 Å². The van der Waals surface area contributed by atoms with Crippen LogP contribution in [-0.2, 0) is 17.9 Å². The summed E-state index contributed by atoms with van der Waals surface area (Å²) in [7, 11) is 0. The number of nitrogens with one attached hydrogen (secondary N) is 1. The summed E-state index contributed by atoms with van der Waals surface area (Å²) < 4.78 is 2.60. The van der Waals surface area contributed by atoms with Gasteiger partial charge in [0.15, 0.2) is 5.69 Å². The number of rotatable bonds is 6. The number of amides is 2. The zero-order valence-corrected chi connectivity index (χ0v) is 15.9. The van der Waals surface area contributed by atoms with Gasteiger partial charge in [-0.1, -0.05) is 48.5 Å². The molecule has 0 spiro atoms. The van der Waals surface area contributed by atoms with Gasteiger partial charge in [0, 0.05) is 11.6 Å². The Morgan fingerprint density at radius 2 is 1.70 bits per heavy atom. The third-order valence-corrected chi connectivity index (χ3v) is 4.47. The summed E-state index contributed by atoms with van der Waals surface area (Å²) in [5.74, 6) is -1.04. The van der Waals surface area contributed by atoms with E-state index >= 15 is 0 Å². The highest BCUT2D eigenvalue weighted by atomic mass is 16.2. The number of nitrogens with two attached hydrogens (primary N) is 1. The second-order valence-corrected chi connectivity index (χ2v) is 6.69. The summed E-state index contributed by atoms with van der Waals surface area (Å²) in [6.07, 6.45) is 2.90. The fourth-order valence-electron chi connectivity index (χ4n) is 3.13. The van der Waals surface area contributed by atoms with E-state index in [-0.39, 0.29) is 24.3 Å². The van der Waals surface area contributed by atoms with Crippen molar-refractivity contribution in [2.24, 2.45) is 5.73 Å². The van der Waals surface area contributed by atoms with Crippen LogP contribution in [0.1, 0.15) is 16.1 Å². The number of hydrogen-bond donors (Lipinski definition) is 2. The minimum atomic E-state index is -0.545. The second-order valence-electron chi connectivity index (χ2n) is 6.69. The fraction of sp³-hybridized carbons (Fsp3) is 0.0952. The van der Waals surface area contributed by atoms with Crippen molar-refractivity contribution in [3.63, 3.8) is 0 Å². The lowest BCUT2D eigenvalue weighted by molar-refractivity contribution is -0.118. The van der Waals surface area contributed by atoms with E-state index in [0.717, 1.165) is 5.56 Å². The number of carbonyl (C=O) groups is 2. The Morgan fingerprint density at radius 1 is 1.00 bits per heavy atom. The minimum absolute atomic E-state index is 0.0982. The van der Waals surface area contributed by atoms with Crippen LogP contribution in [0.4, 0.5) is 5.69 Å². The van der Waals surface area contributed by atoms with E-state index in [1.54, 1.807) is 24.3 Å². The quantitative estimate of drug-likeness (QED) is 0.504. The normalized spacial score (nSPS) is 10.8. The second kappa shape index (κ2) is 8.00. The van der Waals surface area contributed by atoms with Gasteiger partial charge in [-0.3, -0.25) is 19.1 Å². The van der Waals surface area contributed by atoms with E-state index < -0.39 is 11.8 Å². The molecule has 2 amide bonds. The minimum Gasteiger partial charge on any atom is -0.368 e. The lowest BCUT2D eigenvalue weighted by Crippen LogP contribution is -2.28. The Kier molecular flexibility index (Phi) is 5.08. The molecule has 2 heterocycles. The molecule has 0 saturated carbocycles. The zero-order chi connectivity index (χ0) is 21.1. The number of aromatic nitrogens is 4. The molecule has 3 N–H and O–H groups in total. The van der Waals surface area contributed by atoms with Crippen molar-refractivity contribution in [1.29, 1.82) is 0 Å². The Morgan fingerprint density at radius 3 is 2.43 bits per heavy atom. The van der Waals surface area contributed by atoms with Crippen molar-refractivity contribution in [3.8, 4) is 0 Å². The molecular formula is C21H18N6O3. The monoisotopic (exact) mass is 402 g/mol. The van der Waals surface area contributed by atoms with Crippen LogP contribution in [0.15, 0.2) is 71.8 Å². The Labute approximate surface area is 170 Å². The molecule has 0 radical (unpaired) electrons. The summed E-state index contributed by atoms with van der Waals surface area (Å²) in [6, 6.07) is 16.2. The molecular weight excluding hydrogens is 384 g/mol. The molecule has 0 aliphatic heterocycles. The number of nitrogens with zero attached hydrogens (tertiary/aromatic N) is 4. The van der Waals surface area contributed by atoms with Gasteiger partial charge < -0.3 is 11.1 Å². The molecule has 0 atom stereocenters. The Bertz CT molecular complexity index is 1290. The average molecular weight is 402 g/mol. The van der Waals surface area contributed by atoms with Crippen LogP contribution in [0.3, 0.4) is 0 Å². The van der Waals surface area contributed by atoms with Crippen molar-refractivity contribution < 1.29 is 9.59 Å². The first-order valence-electron chi connectivity index (χ1n) is 9.17. The number of hydrogen-bond acceptors (Lipinski definition) is 5. The van der Waals surface area contributed by atoms with Crippen molar-refractivity contribution in [1.82, 2.24) is 19.6 Å². The molecule has 30 heavy (non-hydrogen) atoms. The highest BCUT2D eigenvalue weighted by Gasteiger charge is 2.17. The van der Waals surface area contributed by atoms with E-state index in [4.69, 9.17) is 5.73 Å². The predicted molar refractivity (Wildman–Crippen MR) is 111 cm³/mol. The van der Waals surface area contributed by atoms with Gasteiger partial charge in [-0.05, 0) is 11.6 Å². The topological polar surface area (TPSA) is 125 Å². The van der Waals surface area contributed by atoms with Gasteiger partial charge in [0.2, 0.25) is 5.91 Å². The number of anilines is 1. The van der Waals surface area contributed by atoms with E-state index in [0.29, 0.717) is 16.5 Å². The highest BCUT2D eigenvalue weighted by molar-refractivity contribution is 6.11. The van der Waals surface area contributed by atoms with Crippen LogP contribution in [-0.4, -0.2) is 31.4 Å². The van der Waals surface area contributed by atoms with Crippen molar-refractivity contribution in [2.75, 3.05) is 5.32 Å². The fourth-order valence-corrected chi connectivity index (χ4v) is 3.13. The first kappa shape index (κ1) is 19.1. The molecule has 2 aromatic heterocycles. The van der Waals surface area contributed by atoms with E-state index in [1.165, 1.54) is 21.8 Å². The zero-order valence-electron chi connectivity index (χ0n) is 15.9. The molecule has 0 unspecified atom stereocenters. The largest absolute Gasteiger partial charge is 0.368 e. The van der Waals surface area contributed by atoms with Crippen LogP contribution >= 0.6 is 0 Å². The molecule has 0 aliphatic carbocycles. The molecule has 150 valence electrons. The predicted octanol–water partition coefficient (Wildman–Crippen LogP) is 1.38. The maximum atomic E-state index is 13.0. The van der Waals surface area contributed by atoms with E-state index in [1.807, 2.05) is 30.3 Å². The summed E-state index contributed by atoms with van der Waals surface area (Å²) in [5.41, 5.74) is 6.26. The molecule has 4 rings (SSSR count). The molecule has 4 aromatic rings. The van der Waals surface area contributed by atoms with Crippen LogP contribution in [0.2, 0.25) is 0 Å². The molecule has 0 bridgehead atoms. The van der Waals surface area contributed by atoms with Crippen LogP contribution in [0.25, 0.3) is 10.8 Å². The van der Waals surface area contributed by atoms with Crippen LogP contribution in [0.5, 0.6) is 0 Å². The standard InChI is InChI=1S/C21H18N6O3/c22-18(28)13-26-12-15(10-23-26)24-20(29)19-16-8-4-5-9-17(16)21(30)27(25-19)11-14-6-2-1-3-7-14/h1-10,12H,11,13H2,(H2,22,28)(H,24,29). The lowest BCUT2D eigenvalue weighted by atomic mass is 10.1. The summed E-state index contributed by atoms with van der Waals surface area (Å²) >= 11 is 0. The smallest absolute Gasteiger partial charge is 0.276 e. The third-order valence-electron chi connectivity index (χ3n) is 4.47. The highest BCUT2D eigenvalue weighted by Crippen LogP contribution is 2.16. The average Bonchev–Trinajstić information content (AvgIpc) is 3.16. The maximum absolute atomic E-state index is 13.0. The molecule has 2 aromatic carbocycles. The summed E-state index contributed by atoms with van der Waals surface area (Å²) in [4.78, 5) is 36.9. The molecule has 9 heteroatoms. The van der Waals surface area contributed by atoms with Gasteiger partial charge >= 0.3 is 0 Å². The van der Waals surface area contributed by atoms with Crippen LogP contribution < -0.4 is 16.6 Å². The summed E-state index contributed by atoms with van der Waals surface area (Å²) in [5, 5.41) is 11.9. The van der Waals surface area contributed by atoms with Crippen molar-refractivity contribution in [2.45, 2.75) is 13.1 Å². The van der Waals surface area contributed by atoms with Crippen LogP contribution in [0, 0.1) is 0 Å². The third kappa shape index (κ3) is 3.95. The van der Waals surface area contributed by atoms with E-state index in [9.17, 15) is 14.4 Å². The Balaban J connectivity index is 1.71. The lowest BCUT2D eigenvalue weighted by Gasteiger charge is -2.11. The van der Waals surface area contributed by atoms with Gasteiger partial charge in [-0.2, -0.15) is 10.2 Å². The number of benzene rings is 2.